The molecule has 1 aromatic carbocycles. The molecule has 8 heteroatoms. The highest BCUT2D eigenvalue weighted by molar-refractivity contribution is 5.92. The Labute approximate surface area is 183 Å². The molecule has 0 saturated carbocycles. The number of rotatable bonds is 6. The van der Waals surface area contributed by atoms with Gasteiger partial charge in [-0.25, -0.2) is 0 Å². The maximum Gasteiger partial charge on any atom is 0.269 e. The number of nitrogens with zero attached hydrogens (tertiary/aromatic N) is 3. The van der Waals surface area contributed by atoms with E-state index in [-0.39, 0.29) is 23.4 Å². The first-order valence-electron chi connectivity index (χ1n) is 10.9. The van der Waals surface area contributed by atoms with E-state index < -0.39 is 0 Å². The number of carbonyl (C=O) groups excluding carboxylic acids is 1. The van der Waals surface area contributed by atoms with Gasteiger partial charge in [-0.2, -0.15) is 5.10 Å². The van der Waals surface area contributed by atoms with E-state index in [9.17, 15) is 9.90 Å². The lowest BCUT2D eigenvalue weighted by atomic mass is 9.88. The molecule has 8 nitrogen and oxygen atoms in total. The van der Waals surface area contributed by atoms with Crippen molar-refractivity contribution in [2.24, 2.45) is 7.05 Å². The fraction of sp³-hybridized carbons (Fsp3) is 0.565. The zero-order valence-electron chi connectivity index (χ0n) is 18.6. The summed E-state index contributed by atoms with van der Waals surface area (Å²) in [6.45, 7) is 5.18. The summed E-state index contributed by atoms with van der Waals surface area (Å²) in [5.41, 5.74) is 2.47. The first-order chi connectivity index (χ1) is 14.9. The maximum absolute atomic E-state index is 12.4. The minimum absolute atomic E-state index is 0.0613. The van der Waals surface area contributed by atoms with Crippen LogP contribution in [0.1, 0.15) is 47.4 Å². The summed E-state index contributed by atoms with van der Waals surface area (Å²) in [6.07, 6.45) is 4.06. The van der Waals surface area contributed by atoms with Crippen molar-refractivity contribution >= 4 is 5.91 Å². The van der Waals surface area contributed by atoms with Gasteiger partial charge >= 0.3 is 0 Å². The number of amides is 1. The molecule has 1 amide bonds. The van der Waals surface area contributed by atoms with Crippen molar-refractivity contribution in [1.29, 1.82) is 0 Å². The van der Waals surface area contributed by atoms with Gasteiger partial charge in [-0.1, -0.05) is 6.07 Å². The Morgan fingerprint density at radius 2 is 2.10 bits per heavy atom. The lowest BCUT2D eigenvalue weighted by molar-refractivity contribution is -0.0764. The molecule has 1 spiro atoms. The van der Waals surface area contributed by atoms with Crippen LogP contribution in [0.25, 0.3) is 0 Å². The van der Waals surface area contributed by atoms with Crippen molar-refractivity contribution in [3.05, 3.63) is 41.2 Å². The van der Waals surface area contributed by atoms with Gasteiger partial charge in [-0.15, -0.1) is 0 Å². The molecule has 1 atom stereocenters. The fourth-order valence-corrected chi connectivity index (χ4v) is 4.72. The Kier molecular flexibility index (Phi) is 6.20. The van der Waals surface area contributed by atoms with Crippen LogP contribution in [0.3, 0.4) is 0 Å². The minimum atomic E-state index is -0.105. The predicted octanol–water partition coefficient (Wildman–Crippen LogP) is 2.39. The molecule has 2 aliphatic rings. The Bertz CT molecular complexity index is 934. The Hall–Kier alpha value is -2.58. The highest BCUT2D eigenvalue weighted by Crippen LogP contribution is 2.39. The van der Waals surface area contributed by atoms with E-state index in [1.54, 1.807) is 31.0 Å². The molecular formula is C23H32N4O4. The third kappa shape index (κ3) is 4.85. The molecule has 1 aromatic heterocycles. The van der Waals surface area contributed by atoms with Crippen molar-refractivity contribution in [2.45, 2.75) is 50.9 Å². The molecule has 0 radical (unpaired) electrons. The van der Waals surface area contributed by atoms with E-state index >= 15 is 0 Å². The lowest BCUT2D eigenvalue weighted by Gasteiger charge is -2.39. The Balaban J connectivity index is 1.25. The Morgan fingerprint density at radius 3 is 2.77 bits per heavy atom. The lowest BCUT2D eigenvalue weighted by Crippen LogP contribution is -2.44. The number of benzene rings is 1. The molecule has 168 valence electrons. The molecule has 3 heterocycles. The first kappa shape index (κ1) is 21.6. The van der Waals surface area contributed by atoms with Crippen molar-refractivity contribution in [3.8, 4) is 11.5 Å². The number of piperidine rings is 1. The van der Waals surface area contributed by atoms with E-state index in [1.807, 2.05) is 19.1 Å². The number of carbonyl (C=O) groups is 1. The molecule has 31 heavy (non-hydrogen) atoms. The van der Waals surface area contributed by atoms with E-state index in [4.69, 9.17) is 9.47 Å². The van der Waals surface area contributed by atoms with E-state index in [2.05, 4.69) is 15.3 Å². The first-order valence-corrected chi connectivity index (χ1v) is 10.9. The average Bonchev–Trinajstić information content (AvgIpc) is 3.31. The van der Waals surface area contributed by atoms with E-state index in [1.165, 1.54) is 0 Å². The Morgan fingerprint density at radius 1 is 1.32 bits per heavy atom. The number of ether oxygens (including phenoxy) is 2. The van der Waals surface area contributed by atoms with Gasteiger partial charge < -0.3 is 19.9 Å². The van der Waals surface area contributed by atoms with Crippen molar-refractivity contribution in [3.63, 3.8) is 0 Å². The normalized spacial score (nSPS) is 20.8. The number of aromatic hydroxyl groups is 1. The monoisotopic (exact) mass is 428 g/mol. The average molecular weight is 429 g/mol. The van der Waals surface area contributed by atoms with Gasteiger partial charge in [0.05, 0.1) is 24.5 Å². The predicted molar refractivity (Wildman–Crippen MR) is 116 cm³/mol. The number of phenolic OH excluding ortho intramolecular Hbond substituents is 1. The molecular weight excluding hydrogens is 396 g/mol. The largest absolute Gasteiger partial charge is 0.504 e. The highest BCUT2D eigenvalue weighted by atomic mass is 16.5. The summed E-state index contributed by atoms with van der Waals surface area (Å²) in [7, 11) is 3.35. The number of hydrogen-bond acceptors (Lipinski definition) is 6. The number of likely N-dealkylation sites (tertiary alicyclic amines) is 1. The number of nitrogens with one attached hydrogen (secondary N) is 1. The van der Waals surface area contributed by atoms with E-state index in [0.717, 1.165) is 56.6 Å². The van der Waals surface area contributed by atoms with Crippen LogP contribution in [-0.4, -0.2) is 64.1 Å². The molecule has 2 fully saturated rings. The zero-order chi connectivity index (χ0) is 22.0. The number of phenols is 1. The number of aryl methyl sites for hydroxylation is 2. The third-order valence-corrected chi connectivity index (χ3v) is 6.48. The molecule has 0 unspecified atom stereocenters. The zero-order valence-corrected chi connectivity index (χ0v) is 18.6. The van der Waals surface area contributed by atoms with Crippen LogP contribution >= 0.6 is 0 Å². The second-order valence-electron chi connectivity index (χ2n) is 8.75. The molecule has 2 N–H and O–H groups in total. The molecule has 4 rings (SSSR count). The van der Waals surface area contributed by atoms with Crippen molar-refractivity contribution in [1.82, 2.24) is 20.0 Å². The fourth-order valence-electron chi connectivity index (χ4n) is 4.72. The van der Waals surface area contributed by atoms with Gasteiger partial charge in [0, 0.05) is 33.2 Å². The minimum Gasteiger partial charge on any atom is -0.504 e. The van der Waals surface area contributed by atoms with Gasteiger partial charge in [0.15, 0.2) is 11.5 Å². The molecule has 2 aliphatic heterocycles. The van der Waals surface area contributed by atoms with Gasteiger partial charge in [-0.05, 0) is 56.4 Å². The van der Waals surface area contributed by atoms with Crippen molar-refractivity contribution in [2.75, 3.05) is 26.7 Å². The summed E-state index contributed by atoms with van der Waals surface area (Å²) < 4.78 is 13.3. The number of aromatic nitrogens is 2. The molecule has 2 aromatic rings. The summed E-state index contributed by atoms with van der Waals surface area (Å²) in [6, 6.07) is 7.32. The number of methoxy groups -OCH3 is 1. The van der Waals surface area contributed by atoms with Gasteiger partial charge in [0.2, 0.25) is 0 Å². The van der Waals surface area contributed by atoms with Crippen LogP contribution in [0, 0.1) is 6.92 Å². The molecule has 2 saturated heterocycles. The third-order valence-electron chi connectivity index (χ3n) is 6.48. The topological polar surface area (TPSA) is 88.9 Å². The van der Waals surface area contributed by atoms with E-state index in [0.29, 0.717) is 18.0 Å². The maximum atomic E-state index is 12.4. The smallest absolute Gasteiger partial charge is 0.269 e. The van der Waals surface area contributed by atoms with Crippen LogP contribution < -0.4 is 10.1 Å². The van der Waals surface area contributed by atoms with Crippen LogP contribution in [0.15, 0.2) is 24.3 Å². The van der Waals surface area contributed by atoms with Crippen LogP contribution in [0.4, 0.5) is 0 Å². The number of hydrogen-bond donors (Lipinski definition) is 2. The SMILES string of the molecule is COc1cc(CN2CCC3(CC[C@@H](CNC(=O)c4cc(C)nn4C)O3)CC2)ccc1O. The second kappa shape index (κ2) is 8.88. The summed E-state index contributed by atoms with van der Waals surface area (Å²) in [4.78, 5) is 14.8. The summed E-state index contributed by atoms with van der Waals surface area (Å²) >= 11 is 0. The second-order valence-corrected chi connectivity index (χ2v) is 8.75. The van der Waals surface area contributed by atoms with Gasteiger partial charge in [0.1, 0.15) is 5.69 Å². The van der Waals surface area contributed by atoms with Gasteiger partial charge in [-0.3, -0.25) is 14.4 Å². The molecule has 0 bridgehead atoms. The summed E-state index contributed by atoms with van der Waals surface area (Å²) in [5, 5.41) is 17.0. The molecule has 0 aliphatic carbocycles. The standard InChI is InChI=1S/C23H32N4O4/c1-16-12-19(26(2)25-16)22(29)24-14-18-6-7-23(31-18)8-10-27(11-9-23)15-17-4-5-20(28)21(13-17)30-3/h4-5,12-13,18,28H,6-11,14-15H2,1-3H3,(H,24,29)/t18-/m0/s1. The van der Waals surface area contributed by atoms with Crippen LogP contribution in [-0.2, 0) is 18.3 Å². The highest BCUT2D eigenvalue weighted by Gasteiger charge is 2.42. The van der Waals surface area contributed by atoms with Gasteiger partial charge in [0.25, 0.3) is 5.91 Å². The quantitative estimate of drug-likeness (QED) is 0.735. The van der Waals surface area contributed by atoms with Crippen LogP contribution in [0.5, 0.6) is 11.5 Å². The summed E-state index contributed by atoms with van der Waals surface area (Å²) in [5.74, 6) is 0.572. The van der Waals surface area contributed by atoms with Crippen LogP contribution in [0.2, 0.25) is 0 Å². The van der Waals surface area contributed by atoms with Crippen molar-refractivity contribution < 1.29 is 19.4 Å².